The van der Waals surface area contributed by atoms with Crippen molar-refractivity contribution in [2.24, 2.45) is 5.92 Å². The van der Waals surface area contributed by atoms with E-state index in [0.29, 0.717) is 0 Å². The summed E-state index contributed by atoms with van der Waals surface area (Å²) < 4.78 is 16.2. The van der Waals surface area contributed by atoms with E-state index < -0.39 is 53.5 Å². The number of fused-ring (bicyclic) bond motifs is 1. The SMILES string of the molecule is C=C(C)C(=O)O[C@H]1[C@@H]2C(=C)C(=O)O[C@@H]2C/C(C)=C/CC(=O)[C@](C)(O)[C@@H]1OC(C)=O. The molecule has 0 saturated carbocycles. The van der Waals surface area contributed by atoms with Gasteiger partial charge in [-0.2, -0.15) is 0 Å². The van der Waals surface area contributed by atoms with E-state index in [0.717, 1.165) is 12.5 Å². The first-order valence-electron chi connectivity index (χ1n) is 9.21. The molecule has 1 saturated heterocycles. The molecule has 8 heteroatoms. The molecule has 2 rings (SSSR count). The van der Waals surface area contributed by atoms with Crippen LogP contribution in [0.15, 0.2) is 36.0 Å². The predicted molar refractivity (Wildman–Crippen MR) is 101 cm³/mol. The van der Waals surface area contributed by atoms with Gasteiger partial charge in [0.05, 0.1) is 5.92 Å². The topological polar surface area (TPSA) is 116 Å². The van der Waals surface area contributed by atoms with Crippen molar-refractivity contribution in [1.29, 1.82) is 0 Å². The second-order valence-electron chi connectivity index (χ2n) is 7.70. The standard InChI is InChI=1S/C21H26O8/c1-10(2)19(24)29-17-16-12(4)20(25)28-14(16)9-11(3)7-8-15(23)21(6,26)18(17)27-13(5)22/h7,14,16-18,26H,1,4,8-9H2,2-3,5-6H3/b11-7+/t14-,16-,17+,18-,21+/m1/s1. The van der Waals surface area contributed by atoms with Gasteiger partial charge in [0.1, 0.15) is 6.10 Å². The van der Waals surface area contributed by atoms with Crippen molar-refractivity contribution in [3.05, 3.63) is 36.0 Å². The van der Waals surface area contributed by atoms with Crippen LogP contribution in [0.4, 0.5) is 0 Å². The quantitative estimate of drug-likeness (QED) is 0.325. The molecular formula is C21H26O8. The molecule has 0 aromatic heterocycles. The third-order valence-electron chi connectivity index (χ3n) is 5.14. The Kier molecular flexibility index (Phi) is 6.47. The number of ether oxygens (including phenoxy) is 3. The van der Waals surface area contributed by atoms with Gasteiger partial charge in [-0.15, -0.1) is 0 Å². The van der Waals surface area contributed by atoms with Gasteiger partial charge in [0.2, 0.25) is 0 Å². The highest BCUT2D eigenvalue weighted by atomic mass is 16.6. The largest absolute Gasteiger partial charge is 0.458 e. The van der Waals surface area contributed by atoms with Crippen molar-refractivity contribution in [3.8, 4) is 0 Å². The summed E-state index contributed by atoms with van der Waals surface area (Å²) in [6, 6.07) is 0. The fourth-order valence-electron chi connectivity index (χ4n) is 3.49. The molecule has 0 bridgehead atoms. The average Bonchev–Trinajstić information content (AvgIpc) is 2.88. The molecule has 5 atom stereocenters. The Morgan fingerprint density at radius 2 is 1.90 bits per heavy atom. The maximum Gasteiger partial charge on any atom is 0.334 e. The number of carbonyl (C=O) groups is 4. The van der Waals surface area contributed by atoms with Gasteiger partial charge >= 0.3 is 17.9 Å². The van der Waals surface area contributed by atoms with Gasteiger partial charge in [-0.05, 0) is 20.8 Å². The molecule has 1 N–H and O–H groups in total. The van der Waals surface area contributed by atoms with Crippen LogP contribution >= 0.6 is 0 Å². The molecule has 1 heterocycles. The van der Waals surface area contributed by atoms with E-state index in [4.69, 9.17) is 14.2 Å². The van der Waals surface area contributed by atoms with Gasteiger partial charge in [0, 0.05) is 30.9 Å². The summed E-state index contributed by atoms with van der Waals surface area (Å²) >= 11 is 0. The lowest BCUT2D eigenvalue weighted by atomic mass is 9.77. The minimum Gasteiger partial charge on any atom is -0.458 e. The molecule has 0 spiro atoms. The molecule has 29 heavy (non-hydrogen) atoms. The molecule has 0 aromatic carbocycles. The highest BCUT2D eigenvalue weighted by Gasteiger charge is 2.55. The first-order valence-corrected chi connectivity index (χ1v) is 9.21. The molecule has 8 nitrogen and oxygen atoms in total. The fraction of sp³-hybridized carbons (Fsp3) is 0.524. The molecule has 0 unspecified atom stereocenters. The molecule has 0 aromatic rings. The lowest BCUT2D eigenvalue weighted by Crippen LogP contribution is -2.58. The summed E-state index contributed by atoms with van der Waals surface area (Å²) in [5.41, 5.74) is -1.39. The summed E-state index contributed by atoms with van der Waals surface area (Å²) in [5, 5.41) is 11.0. The van der Waals surface area contributed by atoms with Crippen LogP contribution < -0.4 is 0 Å². The number of allylic oxidation sites excluding steroid dienone is 1. The molecule has 2 aliphatic rings. The van der Waals surface area contributed by atoms with Crippen LogP contribution in [0, 0.1) is 5.92 Å². The predicted octanol–water partition coefficient (Wildman–Crippen LogP) is 1.56. The number of carbonyl (C=O) groups excluding carboxylic acids is 4. The third-order valence-corrected chi connectivity index (χ3v) is 5.14. The number of hydrogen-bond donors (Lipinski definition) is 1. The first kappa shape index (κ1) is 22.5. The van der Waals surface area contributed by atoms with E-state index in [-0.39, 0.29) is 24.0 Å². The first-order chi connectivity index (χ1) is 13.4. The van der Waals surface area contributed by atoms with Gasteiger partial charge in [-0.25, -0.2) is 9.59 Å². The van der Waals surface area contributed by atoms with Crippen LogP contribution in [-0.4, -0.2) is 52.7 Å². The Hall–Kier alpha value is -2.74. The van der Waals surface area contributed by atoms with Gasteiger partial charge < -0.3 is 19.3 Å². The zero-order valence-electron chi connectivity index (χ0n) is 17.0. The fourth-order valence-corrected chi connectivity index (χ4v) is 3.49. The monoisotopic (exact) mass is 406 g/mol. The van der Waals surface area contributed by atoms with Gasteiger partial charge in [-0.1, -0.05) is 24.8 Å². The van der Waals surface area contributed by atoms with E-state index in [1.54, 1.807) is 13.0 Å². The van der Waals surface area contributed by atoms with Gasteiger partial charge in [0.25, 0.3) is 0 Å². The normalized spacial score (nSPS) is 34.4. The lowest BCUT2D eigenvalue weighted by molar-refractivity contribution is -0.195. The number of ketones is 1. The number of Topliss-reactive ketones (excluding diaryl/α,β-unsaturated/α-hetero) is 1. The highest BCUT2D eigenvalue weighted by Crippen LogP contribution is 2.40. The van der Waals surface area contributed by atoms with E-state index in [2.05, 4.69) is 13.2 Å². The van der Waals surface area contributed by atoms with E-state index >= 15 is 0 Å². The zero-order valence-corrected chi connectivity index (χ0v) is 17.0. The summed E-state index contributed by atoms with van der Waals surface area (Å²) in [6.07, 6.45) is -1.99. The second-order valence-corrected chi connectivity index (χ2v) is 7.70. The Morgan fingerprint density at radius 1 is 1.28 bits per heavy atom. The van der Waals surface area contributed by atoms with Crippen molar-refractivity contribution in [3.63, 3.8) is 0 Å². The van der Waals surface area contributed by atoms with Crippen molar-refractivity contribution >= 4 is 23.7 Å². The summed E-state index contributed by atoms with van der Waals surface area (Å²) in [6.45, 7) is 12.7. The van der Waals surface area contributed by atoms with Crippen LogP contribution in [0.25, 0.3) is 0 Å². The number of esters is 3. The molecular weight excluding hydrogens is 380 g/mol. The van der Waals surface area contributed by atoms with Crippen LogP contribution in [-0.2, 0) is 33.4 Å². The van der Waals surface area contributed by atoms with Crippen LogP contribution in [0.2, 0.25) is 0 Å². The Labute approximate surface area is 169 Å². The molecule has 1 fully saturated rings. The van der Waals surface area contributed by atoms with Crippen LogP contribution in [0.1, 0.15) is 40.5 Å². The summed E-state index contributed by atoms with van der Waals surface area (Å²) in [7, 11) is 0. The maximum absolute atomic E-state index is 12.7. The molecule has 0 amide bonds. The Balaban J connectivity index is 2.67. The minimum absolute atomic E-state index is 0.00305. The zero-order chi connectivity index (χ0) is 22.1. The smallest absolute Gasteiger partial charge is 0.334 e. The van der Waals surface area contributed by atoms with Crippen molar-refractivity contribution in [2.45, 2.75) is 64.4 Å². The lowest BCUT2D eigenvalue weighted by Gasteiger charge is -2.39. The van der Waals surface area contributed by atoms with Crippen molar-refractivity contribution in [2.75, 3.05) is 0 Å². The van der Waals surface area contributed by atoms with Crippen molar-refractivity contribution < 1.29 is 38.5 Å². The van der Waals surface area contributed by atoms with Gasteiger partial charge in [0.15, 0.2) is 23.6 Å². The Morgan fingerprint density at radius 3 is 2.45 bits per heavy atom. The number of hydrogen-bond acceptors (Lipinski definition) is 8. The number of rotatable bonds is 3. The van der Waals surface area contributed by atoms with Crippen LogP contribution in [0.5, 0.6) is 0 Å². The summed E-state index contributed by atoms with van der Waals surface area (Å²) in [4.78, 5) is 49.1. The van der Waals surface area contributed by atoms with E-state index in [9.17, 15) is 24.3 Å². The highest BCUT2D eigenvalue weighted by molar-refractivity contribution is 5.92. The second kappa shape index (κ2) is 8.32. The summed E-state index contributed by atoms with van der Waals surface area (Å²) in [5.74, 6) is -3.87. The number of aliphatic hydroxyl groups is 1. The molecule has 1 aliphatic heterocycles. The molecule has 158 valence electrons. The maximum atomic E-state index is 12.7. The molecule has 0 radical (unpaired) electrons. The molecule has 1 aliphatic carbocycles. The minimum atomic E-state index is -2.20. The van der Waals surface area contributed by atoms with E-state index in [1.807, 2.05) is 0 Å². The van der Waals surface area contributed by atoms with Gasteiger partial charge in [-0.3, -0.25) is 9.59 Å². The van der Waals surface area contributed by atoms with Crippen LogP contribution in [0.3, 0.4) is 0 Å². The average molecular weight is 406 g/mol. The van der Waals surface area contributed by atoms with Crippen molar-refractivity contribution in [1.82, 2.24) is 0 Å². The third kappa shape index (κ3) is 4.64. The Bertz CT molecular complexity index is 803. The van der Waals surface area contributed by atoms with E-state index in [1.165, 1.54) is 13.8 Å².